The number of fused-ring (bicyclic) bond motifs is 1. The molecular formula is C14H18N2. The summed E-state index contributed by atoms with van der Waals surface area (Å²) in [6.07, 6.45) is 3.05. The molecule has 0 radical (unpaired) electrons. The summed E-state index contributed by atoms with van der Waals surface area (Å²) in [6.45, 7) is 5.44. The Bertz CT molecular complexity index is 460. The Labute approximate surface area is 96.7 Å². The van der Waals surface area contributed by atoms with Crippen LogP contribution in [0.15, 0.2) is 36.5 Å². The number of anilines is 1. The van der Waals surface area contributed by atoms with E-state index >= 15 is 0 Å². The van der Waals surface area contributed by atoms with Crippen molar-refractivity contribution in [3.05, 3.63) is 36.5 Å². The van der Waals surface area contributed by atoms with Crippen LogP contribution in [0.5, 0.6) is 0 Å². The van der Waals surface area contributed by atoms with Crippen molar-refractivity contribution in [2.45, 2.75) is 20.3 Å². The number of aromatic nitrogens is 1. The topological polar surface area (TPSA) is 24.9 Å². The van der Waals surface area contributed by atoms with Gasteiger partial charge in [0.25, 0.3) is 0 Å². The number of rotatable bonds is 4. The zero-order chi connectivity index (χ0) is 11.4. The lowest BCUT2D eigenvalue weighted by Gasteiger charge is -2.12. The molecule has 1 atom stereocenters. The fourth-order valence-corrected chi connectivity index (χ4v) is 1.68. The van der Waals surface area contributed by atoms with Crippen LogP contribution in [0.25, 0.3) is 10.8 Å². The third-order valence-electron chi connectivity index (χ3n) is 2.99. The van der Waals surface area contributed by atoms with Gasteiger partial charge < -0.3 is 5.32 Å². The normalized spacial score (nSPS) is 12.6. The average Bonchev–Trinajstić information content (AvgIpc) is 2.35. The van der Waals surface area contributed by atoms with E-state index in [1.165, 1.54) is 17.2 Å². The van der Waals surface area contributed by atoms with Gasteiger partial charge >= 0.3 is 0 Å². The van der Waals surface area contributed by atoms with E-state index in [0.29, 0.717) is 5.92 Å². The molecule has 2 aromatic rings. The molecule has 2 rings (SSSR count). The van der Waals surface area contributed by atoms with Gasteiger partial charge in [-0.05, 0) is 17.4 Å². The third kappa shape index (κ3) is 2.32. The summed E-state index contributed by atoms with van der Waals surface area (Å²) in [6, 6.07) is 10.4. The Hall–Kier alpha value is -1.57. The van der Waals surface area contributed by atoms with E-state index in [0.717, 1.165) is 12.4 Å². The fraction of sp³-hybridized carbons (Fsp3) is 0.357. The lowest BCUT2D eigenvalue weighted by Crippen LogP contribution is -2.11. The molecule has 0 aliphatic heterocycles. The van der Waals surface area contributed by atoms with Gasteiger partial charge in [0, 0.05) is 18.1 Å². The predicted octanol–water partition coefficient (Wildman–Crippen LogP) is 3.69. The molecule has 1 unspecified atom stereocenters. The van der Waals surface area contributed by atoms with Crippen LogP contribution in [0.4, 0.5) is 5.82 Å². The monoisotopic (exact) mass is 214 g/mol. The molecule has 1 aromatic heterocycles. The number of pyridine rings is 1. The molecule has 0 fully saturated rings. The number of nitrogens with one attached hydrogen (secondary N) is 1. The maximum atomic E-state index is 4.40. The quantitative estimate of drug-likeness (QED) is 0.839. The second-order valence-corrected chi connectivity index (χ2v) is 4.28. The van der Waals surface area contributed by atoms with Crippen molar-refractivity contribution in [1.29, 1.82) is 0 Å². The minimum atomic E-state index is 0.681. The lowest BCUT2D eigenvalue weighted by atomic mass is 10.1. The van der Waals surface area contributed by atoms with Crippen LogP contribution in [0, 0.1) is 5.92 Å². The standard InChI is InChI=1S/C14H18N2/c1-3-11(2)10-16-14-13-7-5-4-6-12(13)8-9-15-14/h4-9,11H,3,10H2,1-2H3,(H,15,16). The highest BCUT2D eigenvalue weighted by Crippen LogP contribution is 2.20. The molecule has 1 N–H and O–H groups in total. The Morgan fingerprint density at radius 3 is 2.88 bits per heavy atom. The maximum Gasteiger partial charge on any atom is 0.133 e. The van der Waals surface area contributed by atoms with E-state index in [4.69, 9.17) is 0 Å². The highest BCUT2D eigenvalue weighted by Gasteiger charge is 2.03. The Balaban J connectivity index is 2.23. The van der Waals surface area contributed by atoms with Gasteiger partial charge in [0.2, 0.25) is 0 Å². The molecule has 1 aromatic carbocycles. The SMILES string of the molecule is CCC(C)CNc1nccc2ccccc12. The second kappa shape index (κ2) is 4.97. The third-order valence-corrected chi connectivity index (χ3v) is 2.99. The number of benzene rings is 1. The number of hydrogen-bond acceptors (Lipinski definition) is 2. The summed E-state index contributed by atoms with van der Waals surface area (Å²) < 4.78 is 0. The molecule has 0 spiro atoms. The van der Waals surface area contributed by atoms with Crippen molar-refractivity contribution in [2.75, 3.05) is 11.9 Å². The molecule has 0 bridgehead atoms. The van der Waals surface area contributed by atoms with Crippen LogP contribution in [-0.2, 0) is 0 Å². The van der Waals surface area contributed by atoms with E-state index in [9.17, 15) is 0 Å². The van der Waals surface area contributed by atoms with Crippen molar-refractivity contribution in [1.82, 2.24) is 4.98 Å². The highest BCUT2D eigenvalue weighted by molar-refractivity contribution is 5.91. The van der Waals surface area contributed by atoms with Gasteiger partial charge in [0.05, 0.1) is 0 Å². The van der Waals surface area contributed by atoms with Crippen molar-refractivity contribution < 1.29 is 0 Å². The van der Waals surface area contributed by atoms with E-state index < -0.39 is 0 Å². The molecule has 0 saturated heterocycles. The summed E-state index contributed by atoms with van der Waals surface area (Å²) in [5.74, 6) is 1.68. The lowest BCUT2D eigenvalue weighted by molar-refractivity contribution is 0.593. The minimum Gasteiger partial charge on any atom is -0.369 e. The van der Waals surface area contributed by atoms with Gasteiger partial charge in [0.15, 0.2) is 0 Å². The van der Waals surface area contributed by atoms with Gasteiger partial charge in [0.1, 0.15) is 5.82 Å². The minimum absolute atomic E-state index is 0.681. The molecule has 1 heterocycles. The van der Waals surface area contributed by atoms with Crippen molar-refractivity contribution in [3.8, 4) is 0 Å². The number of hydrogen-bond donors (Lipinski definition) is 1. The van der Waals surface area contributed by atoms with Crippen LogP contribution >= 0.6 is 0 Å². The fourth-order valence-electron chi connectivity index (χ4n) is 1.68. The Morgan fingerprint density at radius 1 is 1.25 bits per heavy atom. The maximum absolute atomic E-state index is 4.40. The molecule has 84 valence electrons. The summed E-state index contributed by atoms with van der Waals surface area (Å²) in [5, 5.41) is 5.87. The molecule has 0 aliphatic rings. The van der Waals surface area contributed by atoms with Crippen LogP contribution in [0.2, 0.25) is 0 Å². The van der Waals surface area contributed by atoms with E-state index in [2.05, 4.69) is 48.4 Å². The first-order valence-electron chi connectivity index (χ1n) is 5.89. The zero-order valence-corrected chi connectivity index (χ0v) is 9.90. The second-order valence-electron chi connectivity index (χ2n) is 4.28. The van der Waals surface area contributed by atoms with Crippen molar-refractivity contribution in [2.24, 2.45) is 5.92 Å². The van der Waals surface area contributed by atoms with Crippen LogP contribution < -0.4 is 5.32 Å². The number of nitrogens with zero attached hydrogens (tertiary/aromatic N) is 1. The summed E-state index contributed by atoms with van der Waals surface area (Å²) in [4.78, 5) is 4.40. The molecule has 2 heteroatoms. The summed E-state index contributed by atoms with van der Waals surface area (Å²) in [7, 11) is 0. The summed E-state index contributed by atoms with van der Waals surface area (Å²) >= 11 is 0. The van der Waals surface area contributed by atoms with Gasteiger partial charge in [-0.25, -0.2) is 4.98 Å². The van der Waals surface area contributed by atoms with Crippen molar-refractivity contribution >= 4 is 16.6 Å². The van der Waals surface area contributed by atoms with Crippen LogP contribution in [0.1, 0.15) is 20.3 Å². The van der Waals surface area contributed by atoms with E-state index in [1.54, 1.807) is 0 Å². The molecule has 2 nitrogen and oxygen atoms in total. The molecular weight excluding hydrogens is 196 g/mol. The van der Waals surface area contributed by atoms with Crippen LogP contribution in [-0.4, -0.2) is 11.5 Å². The summed E-state index contributed by atoms with van der Waals surface area (Å²) in [5.41, 5.74) is 0. The largest absolute Gasteiger partial charge is 0.369 e. The molecule has 16 heavy (non-hydrogen) atoms. The Morgan fingerprint density at radius 2 is 2.06 bits per heavy atom. The smallest absolute Gasteiger partial charge is 0.133 e. The zero-order valence-electron chi connectivity index (χ0n) is 9.90. The van der Waals surface area contributed by atoms with Crippen LogP contribution in [0.3, 0.4) is 0 Å². The first-order chi connectivity index (χ1) is 7.81. The van der Waals surface area contributed by atoms with Gasteiger partial charge in [-0.3, -0.25) is 0 Å². The first-order valence-corrected chi connectivity index (χ1v) is 5.89. The van der Waals surface area contributed by atoms with E-state index in [1.807, 2.05) is 12.3 Å². The predicted molar refractivity (Wildman–Crippen MR) is 69.7 cm³/mol. The van der Waals surface area contributed by atoms with Gasteiger partial charge in [-0.2, -0.15) is 0 Å². The van der Waals surface area contributed by atoms with Gasteiger partial charge in [-0.1, -0.05) is 44.5 Å². The van der Waals surface area contributed by atoms with E-state index in [-0.39, 0.29) is 0 Å². The molecule has 0 amide bonds. The molecule has 0 saturated carbocycles. The Kier molecular flexibility index (Phi) is 3.40. The van der Waals surface area contributed by atoms with Crippen molar-refractivity contribution in [3.63, 3.8) is 0 Å². The highest BCUT2D eigenvalue weighted by atomic mass is 15.0. The molecule has 0 aliphatic carbocycles. The average molecular weight is 214 g/mol. The van der Waals surface area contributed by atoms with Gasteiger partial charge in [-0.15, -0.1) is 0 Å². The first kappa shape index (κ1) is 10.9.